The van der Waals surface area contributed by atoms with Crippen LogP contribution in [0.3, 0.4) is 0 Å². The summed E-state index contributed by atoms with van der Waals surface area (Å²) in [5.74, 6) is -0.977. The van der Waals surface area contributed by atoms with Gasteiger partial charge in [0.1, 0.15) is 11.5 Å². The molecule has 3 amide bonds. The summed E-state index contributed by atoms with van der Waals surface area (Å²) in [5, 5.41) is 2.48. The van der Waals surface area contributed by atoms with Gasteiger partial charge >= 0.3 is 12.0 Å². The summed E-state index contributed by atoms with van der Waals surface area (Å²) in [4.78, 5) is 37.0. The molecule has 1 saturated heterocycles. The van der Waals surface area contributed by atoms with E-state index in [9.17, 15) is 18.8 Å². The molecule has 0 saturated carbocycles. The monoisotopic (exact) mass is 414 g/mol. The lowest BCUT2D eigenvalue weighted by Gasteiger charge is -2.12. The second-order valence-electron chi connectivity index (χ2n) is 6.25. The lowest BCUT2D eigenvalue weighted by Crippen LogP contribution is -2.30. The van der Waals surface area contributed by atoms with Gasteiger partial charge in [0.05, 0.1) is 20.8 Å². The van der Waals surface area contributed by atoms with E-state index in [2.05, 4.69) is 10.1 Å². The van der Waals surface area contributed by atoms with Crippen molar-refractivity contribution in [1.29, 1.82) is 0 Å². The molecule has 0 atom stereocenters. The van der Waals surface area contributed by atoms with Gasteiger partial charge in [-0.15, -0.1) is 0 Å². The summed E-state index contributed by atoms with van der Waals surface area (Å²) in [5.41, 5.74) is 0.825. The molecule has 1 fully saturated rings. The van der Waals surface area contributed by atoms with Crippen LogP contribution in [-0.2, 0) is 20.9 Å². The number of amides is 3. The maximum atomic E-state index is 13.9. The van der Waals surface area contributed by atoms with Gasteiger partial charge < -0.3 is 19.5 Å². The standard InChI is InChI=1S/C21H19FN2O6/c1-28-18-10-13(7-8-17(18)30-12-19(25)29-2)9-16-20(26)24(21(27)23-16)11-14-5-3-4-6-15(14)22/h3-10H,11-12H2,1-2H3,(H,23,27)/b16-9+. The van der Waals surface area contributed by atoms with Crippen LogP contribution in [0.1, 0.15) is 11.1 Å². The number of methoxy groups -OCH3 is 2. The van der Waals surface area contributed by atoms with Gasteiger partial charge in [0, 0.05) is 5.56 Å². The topological polar surface area (TPSA) is 94.2 Å². The molecule has 0 aliphatic carbocycles. The lowest BCUT2D eigenvalue weighted by atomic mass is 10.1. The number of halogens is 1. The second kappa shape index (κ2) is 9.08. The minimum Gasteiger partial charge on any atom is -0.493 e. The highest BCUT2D eigenvalue weighted by Crippen LogP contribution is 2.29. The number of urea groups is 1. The Morgan fingerprint density at radius 2 is 1.90 bits per heavy atom. The first-order valence-corrected chi connectivity index (χ1v) is 8.88. The van der Waals surface area contributed by atoms with Gasteiger partial charge in [0.25, 0.3) is 5.91 Å². The van der Waals surface area contributed by atoms with E-state index in [0.717, 1.165) is 4.90 Å². The second-order valence-corrected chi connectivity index (χ2v) is 6.25. The molecule has 0 bridgehead atoms. The SMILES string of the molecule is COC(=O)COc1ccc(/C=C2/NC(=O)N(Cc3ccccc3F)C2=O)cc1OC. The predicted molar refractivity (Wildman–Crippen MR) is 104 cm³/mol. The quantitative estimate of drug-likeness (QED) is 0.425. The molecular formula is C21H19FN2O6. The summed E-state index contributed by atoms with van der Waals surface area (Å²) in [6.07, 6.45) is 1.47. The fourth-order valence-electron chi connectivity index (χ4n) is 2.77. The van der Waals surface area contributed by atoms with Crippen molar-refractivity contribution in [3.8, 4) is 11.5 Å². The van der Waals surface area contributed by atoms with Crippen LogP contribution in [0.5, 0.6) is 11.5 Å². The number of nitrogens with one attached hydrogen (secondary N) is 1. The summed E-state index contributed by atoms with van der Waals surface area (Å²) in [7, 11) is 2.68. The van der Waals surface area contributed by atoms with E-state index in [1.54, 1.807) is 24.3 Å². The van der Waals surface area contributed by atoms with Crippen molar-refractivity contribution in [2.45, 2.75) is 6.54 Å². The van der Waals surface area contributed by atoms with Gasteiger partial charge in [-0.3, -0.25) is 9.69 Å². The van der Waals surface area contributed by atoms with E-state index >= 15 is 0 Å². The third-order valence-electron chi connectivity index (χ3n) is 4.32. The maximum absolute atomic E-state index is 13.9. The Balaban J connectivity index is 1.78. The van der Waals surface area contributed by atoms with Crippen molar-refractivity contribution in [1.82, 2.24) is 10.2 Å². The minimum absolute atomic E-state index is 0.0432. The third-order valence-corrected chi connectivity index (χ3v) is 4.32. The molecule has 8 nitrogen and oxygen atoms in total. The van der Waals surface area contributed by atoms with E-state index in [1.165, 1.54) is 38.5 Å². The van der Waals surface area contributed by atoms with Crippen LogP contribution in [0, 0.1) is 5.82 Å². The molecule has 3 rings (SSSR count). The molecule has 0 unspecified atom stereocenters. The number of esters is 1. The highest BCUT2D eigenvalue weighted by atomic mass is 19.1. The summed E-state index contributed by atoms with van der Waals surface area (Å²) in [6, 6.07) is 10.1. The predicted octanol–water partition coefficient (Wildman–Crippen LogP) is 2.48. The molecular weight excluding hydrogens is 395 g/mol. The van der Waals surface area contributed by atoms with Crippen molar-refractivity contribution in [2.75, 3.05) is 20.8 Å². The normalized spacial score (nSPS) is 14.6. The van der Waals surface area contributed by atoms with Crippen molar-refractivity contribution < 1.29 is 33.0 Å². The van der Waals surface area contributed by atoms with Gasteiger partial charge in [-0.2, -0.15) is 0 Å². The van der Waals surface area contributed by atoms with Crippen LogP contribution in [0.2, 0.25) is 0 Å². The first-order chi connectivity index (χ1) is 14.4. The Bertz CT molecular complexity index is 1020. The van der Waals surface area contributed by atoms with Crippen molar-refractivity contribution in [3.05, 3.63) is 65.1 Å². The number of nitrogens with zero attached hydrogens (tertiary/aromatic N) is 1. The highest BCUT2D eigenvalue weighted by Gasteiger charge is 2.34. The molecule has 2 aromatic carbocycles. The number of hydrogen-bond donors (Lipinski definition) is 1. The van der Waals surface area contributed by atoms with Crippen LogP contribution < -0.4 is 14.8 Å². The van der Waals surface area contributed by atoms with Crippen LogP contribution in [0.25, 0.3) is 6.08 Å². The van der Waals surface area contributed by atoms with Crippen LogP contribution in [0.15, 0.2) is 48.2 Å². The molecule has 0 radical (unpaired) electrons. The zero-order valence-electron chi connectivity index (χ0n) is 16.3. The van der Waals surface area contributed by atoms with Crippen LogP contribution >= 0.6 is 0 Å². The molecule has 1 aliphatic rings. The average Bonchev–Trinajstić information content (AvgIpc) is 3.01. The molecule has 0 aromatic heterocycles. The maximum Gasteiger partial charge on any atom is 0.343 e. The largest absolute Gasteiger partial charge is 0.493 e. The van der Waals surface area contributed by atoms with E-state index in [0.29, 0.717) is 17.1 Å². The Morgan fingerprint density at radius 1 is 1.13 bits per heavy atom. The number of ether oxygens (including phenoxy) is 3. The summed E-state index contributed by atoms with van der Waals surface area (Å²) >= 11 is 0. The Kier molecular flexibility index (Phi) is 6.31. The summed E-state index contributed by atoms with van der Waals surface area (Å²) < 4.78 is 29.0. The first kappa shape index (κ1) is 20.8. The van der Waals surface area contributed by atoms with E-state index in [1.807, 2.05) is 0 Å². The Labute approximate surface area is 171 Å². The number of benzene rings is 2. The molecule has 0 spiro atoms. The van der Waals surface area contributed by atoms with Gasteiger partial charge in [0.15, 0.2) is 18.1 Å². The van der Waals surface area contributed by atoms with E-state index < -0.39 is 23.7 Å². The van der Waals surface area contributed by atoms with Gasteiger partial charge in [-0.25, -0.2) is 14.0 Å². The van der Waals surface area contributed by atoms with Crippen molar-refractivity contribution in [3.63, 3.8) is 0 Å². The van der Waals surface area contributed by atoms with E-state index in [4.69, 9.17) is 9.47 Å². The molecule has 156 valence electrons. The zero-order valence-corrected chi connectivity index (χ0v) is 16.3. The first-order valence-electron chi connectivity index (χ1n) is 8.88. The Morgan fingerprint density at radius 3 is 2.60 bits per heavy atom. The smallest absolute Gasteiger partial charge is 0.343 e. The highest BCUT2D eigenvalue weighted by molar-refractivity contribution is 6.13. The number of carbonyl (C=O) groups is 3. The van der Waals surface area contributed by atoms with Crippen LogP contribution in [0.4, 0.5) is 9.18 Å². The Hall–Kier alpha value is -3.88. The zero-order chi connectivity index (χ0) is 21.7. The number of hydrogen-bond acceptors (Lipinski definition) is 6. The van der Waals surface area contributed by atoms with Gasteiger partial charge in [-0.1, -0.05) is 24.3 Å². The third kappa shape index (κ3) is 4.57. The van der Waals surface area contributed by atoms with E-state index in [-0.39, 0.29) is 24.4 Å². The molecule has 1 aliphatic heterocycles. The number of imide groups is 1. The number of rotatable bonds is 7. The average molecular weight is 414 g/mol. The van der Waals surface area contributed by atoms with Crippen molar-refractivity contribution >= 4 is 24.0 Å². The number of carbonyl (C=O) groups excluding carboxylic acids is 3. The summed E-state index contributed by atoms with van der Waals surface area (Å²) in [6.45, 7) is -0.467. The molecule has 9 heteroatoms. The molecule has 1 N–H and O–H groups in total. The van der Waals surface area contributed by atoms with Crippen LogP contribution in [-0.4, -0.2) is 43.6 Å². The fraction of sp³-hybridized carbons (Fsp3) is 0.190. The molecule has 1 heterocycles. The van der Waals surface area contributed by atoms with Crippen molar-refractivity contribution in [2.24, 2.45) is 0 Å². The molecule has 30 heavy (non-hydrogen) atoms. The fourth-order valence-corrected chi connectivity index (χ4v) is 2.77. The molecule has 2 aromatic rings. The lowest BCUT2D eigenvalue weighted by molar-refractivity contribution is -0.142. The minimum atomic E-state index is -0.639. The van der Waals surface area contributed by atoms with Gasteiger partial charge in [0.2, 0.25) is 0 Å². The van der Waals surface area contributed by atoms with Gasteiger partial charge in [-0.05, 0) is 29.8 Å².